The second kappa shape index (κ2) is 7.18. The van der Waals surface area contributed by atoms with Crippen LogP contribution in [0.3, 0.4) is 0 Å². The molecule has 4 atom stereocenters. The molecule has 2 saturated heterocycles. The summed E-state index contributed by atoms with van der Waals surface area (Å²) in [5.74, 6) is 1.07. The highest BCUT2D eigenvalue weighted by molar-refractivity contribution is 5.94. The van der Waals surface area contributed by atoms with Gasteiger partial charge in [-0.15, -0.1) is 0 Å². The van der Waals surface area contributed by atoms with Crippen LogP contribution in [0.15, 0.2) is 18.2 Å². The van der Waals surface area contributed by atoms with Crippen molar-refractivity contribution in [2.24, 2.45) is 11.8 Å². The molecular formula is C20H28N2O4. The lowest BCUT2D eigenvalue weighted by molar-refractivity contribution is -0.0520. The molecule has 0 unspecified atom stereocenters. The lowest BCUT2D eigenvalue weighted by atomic mass is 9.77. The van der Waals surface area contributed by atoms with Crippen LogP contribution in [0.25, 0.3) is 0 Å². The second-order valence-corrected chi connectivity index (χ2v) is 7.99. The minimum absolute atomic E-state index is 0.0277. The van der Waals surface area contributed by atoms with Gasteiger partial charge in [0.25, 0.3) is 5.91 Å². The summed E-state index contributed by atoms with van der Waals surface area (Å²) in [5.41, 5.74) is 1.35. The van der Waals surface area contributed by atoms with Gasteiger partial charge in [0.05, 0.1) is 19.3 Å². The van der Waals surface area contributed by atoms with Gasteiger partial charge in [-0.1, -0.05) is 0 Å². The molecule has 142 valence electrons. The van der Waals surface area contributed by atoms with E-state index in [1.807, 2.05) is 4.90 Å². The Kier molecular flexibility index (Phi) is 4.90. The van der Waals surface area contributed by atoms with Crippen molar-refractivity contribution in [2.45, 2.75) is 31.9 Å². The highest BCUT2D eigenvalue weighted by atomic mass is 16.5. The first-order valence-electron chi connectivity index (χ1n) is 9.61. The number of phenolic OH excluding ortho intramolecular Hbond substituents is 1. The predicted molar refractivity (Wildman–Crippen MR) is 97.1 cm³/mol. The van der Waals surface area contributed by atoms with E-state index in [9.17, 15) is 15.0 Å². The van der Waals surface area contributed by atoms with E-state index in [0.717, 1.165) is 57.8 Å². The number of amides is 1. The summed E-state index contributed by atoms with van der Waals surface area (Å²) in [6, 6.07) is 5.22. The van der Waals surface area contributed by atoms with Crippen molar-refractivity contribution in [3.8, 4) is 5.75 Å². The Morgan fingerprint density at radius 3 is 2.54 bits per heavy atom. The van der Waals surface area contributed by atoms with Crippen LogP contribution in [0.2, 0.25) is 0 Å². The Bertz CT molecular complexity index is 674. The Morgan fingerprint density at radius 1 is 1.15 bits per heavy atom. The molecule has 1 saturated carbocycles. The summed E-state index contributed by atoms with van der Waals surface area (Å²) in [7, 11) is 0. The highest BCUT2D eigenvalue weighted by Crippen LogP contribution is 2.39. The molecule has 4 rings (SSSR count). The first-order chi connectivity index (χ1) is 12.5. The molecule has 2 aliphatic heterocycles. The number of rotatable bonds is 2. The van der Waals surface area contributed by atoms with Gasteiger partial charge in [-0.3, -0.25) is 9.69 Å². The minimum Gasteiger partial charge on any atom is -0.508 e. The van der Waals surface area contributed by atoms with Gasteiger partial charge in [0.1, 0.15) is 5.75 Å². The minimum atomic E-state index is -0.319. The average molecular weight is 360 g/mol. The van der Waals surface area contributed by atoms with Crippen LogP contribution in [0.4, 0.5) is 0 Å². The van der Waals surface area contributed by atoms with Crippen molar-refractivity contribution in [3.05, 3.63) is 29.3 Å². The number of hydrogen-bond acceptors (Lipinski definition) is 5. The van der Waals surface area contributed by atoms with E-state index >= 15 is 0 Å². The van der Waals surface area contributed by atoms with Crippen molar-refractivity contribution in [1.29, 1.82) is 0 Å². The zero-order chi connectivity index (χ0) is 18.3. The van der Waals surface area contributed by atoms with E-state index in [1.54, 1.807) is 25.1 Å². The number of ether oxygens (including phenoxy) is 1. The first kappa shape index (κ1) is 17.8. The normalized spacial score (nSPS) is 32.5. The third-order valence-corrected chi connectivity index (χ3v) is 6.35. The number of likely N-dealkylation sites (tertiary alicyclic amines) is 1. The fourth-order valence-electron chi connectivity index (χ4n) is 4.85. The maximum atomic E-state index is 12.9. The topological polar surface area (TPSA) is 73.2 Å². The van der Waals surface area contributed by atoms with Gasteiger partial charge in [-0.25, -0.2) is 0 Å². The van der Waals surface area contributed by atoms with Crippen LogP contribution in [0.1, 0.15) is 28.8 Å². The van der Waals surface area contributed by atoms with Gasteiger partial charge >= 0.3 is 0 Å². The summed E-state index contributed by atoms with van der Waals surface area (Å²) in [6.07, 6.45) is 1.40. The molecule has 0 spiro atoms. The Balaban J connectivity index is 1.43. The Morgan fingerprint density at radius 2 is 1.85 bits per heavy atom. The smallest absolute Gasteiger partial charge is 0.253 e. The molecule has 0 radical (unpaired) electrons. The molecule has 3 fully saturated rings. The van der Waals surface area contributed by atoms with Gasteiger partial charge in [0, 0.05) is 37.8 Å². The first-order valence-corrected chi connectivity index (χ1v) is 9.61. The standard InChI is InChI=1S/C20H28N2O4/c1-13-8-14(2-3-18(13)23)20(25)22-11-15-9-17(19(24)10-16(15)12-22)21-4-6-26-7-5-21/h2-3,8,15-17,19,23-24H,4-7,9-12H2,1H3/t15-,16+,17-,19-/m1/s1. The molecule has 6 nitrogen and oxygen atoms in total. The summed E-state index contributed by atoms with van der Waals surface area (Å²) < 4.78 is 5.43. The maximum Gasteiger partial charge on any atom is 0.253 e. The molecule has 2 N–H and O–H groups in total. The molecule has 3 aliphatic rings. The molecule has 1 aliphatic carbocycles. The van der Waals surface area contributed by atoms with Crippen molar-refractivity contribution in [2.75, 3.05) is 39.4 Å². The number of aliphatic hydroxyl groups excluding tert-OH is 1. The van der Waals surface area contributed by atoms with Crippen LogP contribution in [0.5, 0.6) is 5.75 Å². The lowest BCUT2D eigenvalue weighted by Gasteiger charge is -2.43. The zero-order valence-corrected chi connectivity index (χ0v) is 15.3. The summed E-state index contributed by atoms with van der Waals surface area (Å²) in [5, 5.41) is 20.3. The number of aliphatic hydroxyl groups is 1. The number of benzene rings is 1. The molecule has 1 aromatic carbocycles. The Labute approximate surface area is 154 Å². The summed E-state index contributed by atoms with van der Waals surface area (Å²) in [4.78, 5) is 17.2. The fraction of sp³-hybridized carbons (Fsp3) is 0.650. The fourth-order valence-corrected chi connectivity index (χ4v) is 4.85. The third kappa shape index (κ3) is 3.33. The van der Waals surface area contributed by atoms with Gasteiger partial charge in [-0.05, 0) is 55.4 Å². The number of hydrogen-bond donors (Lipinski definition) is 2. The van der Waals surface area contributed by atoms with E-state index in [1.165, 1.54) is 0 Å². The Hall–Kier alpha value is -1.63. The van der Waals surface area contributed by atoms with E-state index in [4.69, 9.17) is 4.74 Å². The van der Waals surface area contributed by atoms with Crippen LogP contribution in [0, 0.1) is 18.8 Å². The summed E-state index contributed by atoms with van der Waals surface area (Å²) in [6.45, 7) is 6.53. The number of fused-ring (bicyclic) bond motifs is 1. The zero-order valence-electron chi connectivity index (χ0n) is 15.3. The van der Waals surface area contributed by atoms with E-state index < -0.39 is 0 Å². The molecule has 6 heteroatoms. The van der Waals surface area contributed by atoms with Crippen LogP contribution in [-0.2, 0) is 4.74 Å². The van der Waals surface area contributed by atoms with Crippen LogP contribution < -0.4 is 0 Å². The van der Waals surface area contributed by atoms with Crippen molar-refractivity contribution >= 4 is 5.91 Å². The molecule has 0 bridgehead atoms. The third-order valence-electron chi connectivity index (χ3n) is 6.35. The number of aryl methyl sites for hydroxylation is 1. The molecule has 2 heterocycles. The maximum absolute atomic E-state index is 12.9. The van der Waals surface area contributed by atoms with E-state index in [-0.39, 0.29) is 23.8 Å². The number of carbonyl (C=O) groups excluding carboxylic acids is 1. The molecule has 0 aromatic heterocycles. The van der Waals surface area contributed by atoms with Gasteiger partial charge < -0.3 is 19.8 Å². The molecule has 1 amide bonds. The SMILES string of the molecule is Cc1cc(C(=O)N2C[C@H]3C[C@@H](N4CCOCC4)[C@H](O)C[C@H]3C2)ccc1O. The van der Waals surface area contributed by atoms with Gasteiger partial charge in [-0.2, -0.15) is 0 Å². The largest absolute Gasteiger partial charge is 0.508 e. The average Bonchev–Trinajstić information content (AvgIpc) is 3.06. The monoisotopic (exact) mass is 360 g/mol. The predicted octanol–water partition coefficient (Wildman–Crippen LogP) is 1.24. The number of aromatic hydroxyl groups is 1. The molecule has 1 aromatic rings. The van der Waals surface area contributed by atoms with E-state index in [2.05, 4.69) is 4.90 Å². The molecule has 26 heavy (non-hydrogen) atoms. The number of carbonyl (C=O) groups is 1. The number of morpholine rings is 1. The number of nitrogens with zero attached hydrogens (tertiary/aromatic N) is 2. The summed E-state index contributed by atoms with van der Waals surface area (Å²) >= 11 is 0. The van der Waals surface area contributed by atoms with Crippen molar-refractivity contribution in [3.63, 3.8) is 0 Å². The second-order valence-electron chi connectivity index (χ2n) is 7.99. The highest BCUT2D eigenvalue weighted by Gasteiger charge is 2.44. The van der Waals surface area contributed by atoms with Crippen LogP contribution in [-0.4, -0.2) is 77.5 Å². The van der Waals surface area contributed by atoms with E-state index in [0.29, 0.717) is 17.4 Å². The van der Waals surface area contributed by atoms with Crippen molar-refractivity contribution < 1.29 is 19.7 Å². The molecular weight excluding hydrogens is 332 g/mol. The lowest BCUT2D eigenvalue weighted by Crippen LogP contribution is -2.53. The number of phenols is 1. The van der Waals surface area contributed by atoms with Gasteiger partial charge in [0.2, 0.25) is 0 Å². The quantitative estimate of drug-likeness (QED) is 0.830. The van der Waals surface area contributed by atoms with Crippen LogP contribution >= 0.6 is 0 Å². The van der Waals surface area contributed by atoms with Crippen molar-refractivity contribution in [1.82, 2.24) is 9.80 Å². The van der Waals surface area contributed by atoms with Gasteiger partial charge in [0.15, 0.2) is 0 Å².